The van der Waals surface area contributed by atoms with Crippen LogP contribution in [0.1, 0.15) is 25.8 Å². The van der Waals surface area contributed by atoms with Crippen LogP contribution in [0.25, 0.3) is 0 Å². The molecule has 100 valence electrons. The zero-order chi connectivity index (χ0) is 13.5. The summed E-state index contributed by atoms with van der Waals surface area (Å²) in [5.74, 6) is -0.360. The molecule has 0 aromatic heterocycles. The second kappa shape index (κ2) is 7.11. The van der Waals surface area contributed by atoms with Crippen LogP contribution >= 0.6 is 0 Å². The van der Waals surface area contributed by atoms with E-state index in [1.807, 2.05) is 18.9 Å². The summed E-state index contributed by atoms with van der Waals surface area (Å²) >= 11 is 0. The van der Waals surface area contributed by atoms with E-state index in [4.69, 9.17) is 0 Å². The molecule has 1 rings (SSSR count). The third kappa shape index (κ3) is 4.11. The largest absolute Gasteiger partial charge is 0.351 e. The third-order valence-electron chi connectivity index (χ3n) is 3.03. The van der Waals surface area contributed by atoms with Crippen LogP contribution in [0, 0.1) is 5.82 Å². The second-order valence-corrected chi connectivity index (χ2v) is 4.47. The van der Waals surface area contributed by atoms with Crippen LogP contribution in [-0.2, 0) is 11.3 Å². The molecule has 0 radical (unpaired) electrons. The smallest absolute Gasteiger partial charge is 0.237 e. The normalized spacial score (nSPS) is 12.5. The topological polar surface area (TPSA) is 32.3 Å². The first-order chi connectivity index (χ1) is 8.56. The molecular formula is C14H21FN2O. The molecule has 1 atom stereocenters. The predicted molar refractivity (Wildman–Crippen MR) is 70.6 cm³/mol. The Morgan fingerprint density at radius 2 is 2.11 bits per heavy atom. The monoisotopic (exact) mass is 252 g/mol. The number of nitrogens with one attached hydrogen (secondary N) is 1. The third-order valence-corrected chi connectivity index (χ3v) is 3.03. The standard InChI is InChI=1S/C14H21FN2O/c1-4-9-17(3)11(2)14(18)16-10-12-7-5-6-8-13(12)15/h5-8,11H,4,9-10H2,1-3H3,(H,16,18). The number of rotatable bonds is 6. The average Bonchev–Trinajstić information content (AvgIpc) is 2.36. The highest BCUT2D eigenvalue weighted by Crippen LogP contribution is 2.06. The van der Waals surface area contributed by atoms with Crippen molar-refractivity contribution in [2.45, 2.75) is 32.9 Å². The van der Waals surface area contributed by atoms with Crippen molar-refractivity contribution in [3.05, 3.63) is 35.6 Å². The molecule has 0 saturated carbocycles. The van der Waals surface area contributed by atoms with Gasteiger partial charge in [-0.3, -0.25) is 9.69 Å². The maximum atomic E-state index is 13.4. The van der Waals surface area contributed by atoms with Crippen molar-refractivity contribution in [3.8, 4) is 0 Å². The van der Waals surface area contributed by atoms with Crippen LogP contribution in [0.4, 0.5) is 4.39 Å². The summed E-state index contributed by atoms with van der Waals surface area (Å²) < 4.78 is 13.4. The minimum Gasteiger partial charge on any atom is -0.351 e. The molecule has 4 heteroatoms. The minimum absolute atomic E-state index is 0.0748. The Morgan fingerprint density at radius 1 is 1.44 bits per heavy atom. The number of halogens is 1. The number of hydrogen-bond donors (Lipinski definition) is 1. The van der Waals surface area contributed by atoms with E-state index in [0.717, 1.165) is 13.0 Å². The summed E-state index contributed by atoms with van der Waals surface area (Å²) in [5, 5.41) is 2.76. The highest BCUT2D eigenvalue weighted by molar-refractivity contribution is 5.81. The molecule has 0 fully saturated rings. The fourth-order valence-corrected chi connectivity index (χ4v) is 1.72. The van der Waals surface area contributed by atoms with Crippen molar-refractivity contribution < 1.29 is 9.18 Å². The molecule has 0 bridgehead atoms. The molecule has 1 unspecified atom stereocenters. The molecule has 0 aliphatic heterocycles. The van der Waals surface area contributed by atoms with Gasteiger partial charge in [0.2, 0.25) is 5.91 Å². The molecular weight excluding hydrogens is 231 g/mol. The zero-order valence-electron chi connectivity index (χ0n) is 11.2. The van der Waals surface area contributed by atoms with Crippen molar-refractivity contribution in [1.82, 2.24) is 10.2 Å². The Balaban J connectivity index is 2.48. The van der Waals surface area contributed by atoms with Gasteiger partial charge in [0.25, 0.3) is 0 Å². The van der Waals surface area contributed by atoms with Crippen molar-refractivity contribution >= 4 is 5.91 Å². The van der Waals surface area contributed by atoms with Gasteiger partial charge in [0, 0.05) is 12.1 Å². The van der Waals surface area contributed by atoms with E-state index in [2.05, 4.69) is 12.2 Å². The fourth-order valence-electron chi connectivity index (χ4n) is 1.72. The van der Waals surface area contributed by atoms with Crippen molar-refractivity contribution in [2.75, 3.05) is 13.6 Å². The van der Waals surface area contributed by atoms with E-state index in [-0.39, 0.29) is 24.3 Å². The minimum atomic E-state index is -0.285. The van der Waals surface area contributed by atoms with Gasteiger partial charge >= 0.3 is 0 Å². The second-order valence-electron chi connectivity index (χ2n) is 4.47. The summed E-state index contributed by atoms with van der Waals surface area (Å²) in [4.78, 5) is 13.9. The fraction of sp³-hybridized carbons (Fsp3) is 0.500. The highest BCUT2D eigenvalue weighted by atomic mass is 19.1. The maximum absolute atomic E-state index is 13.4. The van der Waals surface area contributed by atoms with E-state index >= 15 is 0 Å². The van der Waals surface area contributed by atoms with Gasteiger partial charge in [-0.05, 0) is 33.0 Å². The Labute approximate surface area is 108 Å². The number of amides is 1. The maximum Gasteiger partial charge on any atom is 0.237 e. The first kappa shape index (κ1) is 14.6. The van der Waals surface area contributed by atoms with Crippen LogP contribution in [-0.4, -0.2) is 30.4 Å². The molecule has 1 aromatic carbocycles. The van der Waals surface area contributed by atoms with Crippen LogP contribution in [0.15, 0.2) is 24.3 Å². The summed E-state index contributed by atoms with van der Waals surface area (Å²) in [7, 11) is 1.91. The van der Waals surface area contributed by atoms with Crippen LogP contribution in [0.2, 0.25) is 0 Å². The predicted octanol–water partition coefficient (Wildman–Crippen LogP) is 2.17. The van der Waals surface area contributed by atoms with E-state index in [0.29, 0.717) is 5.56 Å². The van der Waals surface area contributed by atoms with Crippen LogP contribution < -0.4 is 5.32 Å². The Morgan fingerprint density at radius 3 is 2.72 bits per heavy atom. The van der Waals surface area contributed by atoms with Gasteiger partial charge in [-0.1, -0.05) is 25.1 Å². The molecule has 0 spiro atoms. The number of hydrogen-bond acceptors (Lipinski definition) is 2. The first-order valence-corrected chi connectivity index (χ1v) is 6.27. The average molecular weight is 252 g/mol. The number of carbonyl (C=O) groups is 1. The van der Waals surface area contributed by atoms with Crippen LogP contribution in [0.5, 0.6) is 0 Å². The number of likely N-dealkylation sites (N-methyl/N-ethyl adjacent to an activating group) is 1. The lowest BCUT2D eigenvalue weighted by molar-refractivity contribution is -0.125. The van der Waals surface area contributed by atoms with Crippen molar-refractivity contribution in [2.24, 2.45) is 0 Å². The number of benzene rings is 1. The SMILES string of the molecule is CCCN(C)C(C)C(=O)NCc1ccccc1F. The molecule has 18 heavy (non-hydrogen) atoms. The van der Waals surface area contributed by atoms with Gasteiger partial charge in [-0.25, -0.2) is 4.39 Å². The molecule has 1 aromatic rings. The lowest BCUT2D eigenvalue weighted by Crippen LogP contribution is -2.43. The van der Waals surface area contributed by atoms with E-state index < -0.39 is 0 Å². The Bertz CT molecular complexity index is 395. The Kier molecular flexibility index (Phi) is 5.78. The van der Waals surface area contributed by atoms with Gasteiger partial charge in [-0.2, -0.15) is 0 Å². The van der Waals surface area contributed by atoms with Gasteiger partial charge < -0.3 is 5.32 Å². The van der Waals surface area contributed by atoms with Gasteiger partial charge in [-0.15, -0.1) is 0 Å². The molecule has 0 aliphatic rings. The van der Waals surface area contributed by atoms with E-state index in [9.17, 15) is 9.18 Å². The summed E-state index contributed by atoms with van der Waals surface area (Å²) in [6, 6.07) is 6.27. The molecule has 0 heterocycles. The van der Waals surface area contributed by atoms with E-state index in [1.54, 1.807) is 18.2 Å². The lowest BCUT2D eigenvalue weighted by atomic mass is 10.2. The van der Waals surface area contributed by atoms with Crippen molar-refractivity contribution in [1.29, 1.82) is 0 Å². The van der Waals surface area contributed by atoms with Crippen LogP contribution in [0.3, 0.4) is 0 Å². The molecule has 1 N–H and O–H groups in total. The number of nitrogens with zero attached hydrogens (tertiary/aromatic N) is 1. The zero-order valence-corrected chi connectivity index (χ0v) is 11.2. The molecule has 0 aliphatic carbocycles. The number of carbonyl (C=O) groups excluding carboxylic acids is 1. The van der Waals surface area contributed by atoms with Crippen molar-refractivity contribution in [3.63, 3.8) is 0 Å². The van der Waals surface area contributed by atoms with Gasteiger partial charge in [0.1, 0.15) is 5.82 Å². The summed E-state index contributed by atoms with van der Waals surface area (Å²) in [6.07, 6.45) is 1.00. The first-order valence-electron chi connectivity index (χ1n) is 6.27. The van der Waals surface area contributed by atoms with Gasteiger partial charge in [0.05, 0.1) is 6.04 Å². The molecule has 0 saturated heterocycles. The molecule has 3 nitrogen and oxygen atoms in total. The lowest BCUT2D eigenvalue weighted by Gasteiger charge is -2.23. The summed E-state index contributed by atoms with van der Waals surface area (Å²) in [6.45, 7) is 5.02. The van der Waals surface area contributed by atoms with E-state index in [1.165, 1.54) is 6.07 Å². The summed E-state index contributed by atoms with van der Waals surface area (Å²) in [5.41, 5.74) is 0.510. The molecule has 1 amide bonds. The highest BCUT2D eigenvalue weighted by Gasteiger charge is 2.16. The Hall–Kier alpha value is -1.42. The van der Waals surface area contributed by atoms with Gasteiger partial charge in [0.15, 0.2) is 0 Å². The quantitative estimate of drug-likeness (QED) is 0.841.